The highest BCUT2D eigenvalue weighted by atomic mass is 32.1. The molecule has 0 aliphatic heterocycles. The van der Waals surface area contributed by atoms with Gasteiger partial charge in [-0.3, -0.25) is 4.79 Å². The van der Waals surface area contributed by atoms with Crippen LogP contribution in [-0.2, 0) is 0 Å². The van der Waals surface area contributed by atoms with E-state index in [1.54, 1.807) is 25.1 Å². The number of ether oxygens (including phenoxy) is 1. The molecule has 0 unspecified atom stereocenters. The Morgan fingerprint density at radius 3 is 2.65 bits per heavy atom. The van der Waals surface area contributed by atoms with E-state index in [9.17, 15) is 14.7 Å². The second-order valence-electron chi connectivity index (χ2n) is 5.13. The number of thiophene rings is 1. The van der Waals surface area contributed by atoms with Gasteiger partial charge in [-0.1, -0.05) is 0 Å². The Balaban J connectivity index is 2.30. The van der Waals surface area contributed by atoms with E-state index in [2.05, 4.69) is 0 Å². The number of methoxy groups -OCH3 is 1. The molecule has 0 bridgehead atoms. The monoisotopic (exact) mass is 330 g/mol. The van der Waals surface area contributed by atoms with Gasteiger partial charge in [-0.15, -0.1) is 11.3 Å². The van der Waals surface area contributed by atoms with Crippen LogP contribution in [0.15, 0.2) is 33.5 Å². The predicted molar refractivity (Wildman–Crippen MR) is 88.8 cm³/mol. The molecular weight excluding hydrogens is 316 g/mol. The van der Waals surface area contributed by atoms with E-state index in [4.69, 9.17) is 9.15 Å². The minimum Gasteiger partial charge on any atom is -0.504 e. The number of ketones is 1. The lowest BCUT2D eigenvalue weighted by Crippen LogP contribution is -2.05. The van der Waals surface area contributed by atoms with Crippen molar-refractivity contribution in [3.63, 3.8) is 0 Å². The van der Waals surface area contributed by atoms with Gasteiger partial charge in [0.05, 0.1) is 17.6 Å². The summed E-state index contributed by atoms with van der Waals surface area (Å²) >= 11 is 1.25. The molecule has 0 radical (unpaired) electrons. The first kappa shape index (κ1) is 15.3. The van der Waals surface area contributed by atoms with Crippen LogP contribution in [0.4, 0.5) is 0 Å². The predicted octanol–water partition coefficient (Wildman–Crippen LogP) is 3.75. The van der Waals surface area contributed by atoms with Gasteiger partial charge < -0.3 is 14.3 Å². The summed E-state index contributed by atoms with van der Waals surface area (Å²) in [5.74, 6) is 0.164. The normalized spacial score (nSPS) is 10.9. The molecule has 1 N–H and O–H groups in total. The number of hydrogen-bond donors (Lipinski definition) is 1. The fourth-order valence-electron chi connectivity index (χ4n) is 2.48. The van der Waals surface area contributed by atoms with Crippen LogP contribution >= 0.6 is 11.3 Å². The first-order chi connectivity index (χ1) is 10.9. The molecule has 1 aromatic carbocycles. The third-order valence-corrected chi connectivity index (χ3v) is 4.87. The average Bonchev–Trinajstić information content (AvgIpc) is 2.96. The van der Waals surface area contributed by atoms with Crippen LogP contribution in [0, 0.1) is 6.92 Å². The Morgan fingerprint density at radius 1 is 1.30 bits per heavy atom. The van der Waals surface area contributed by atoms with E-state index in [0.717, 1.165) is 0 Å². The van der Waals surface area contributed by atoms with Crippen LogP contribution < -0.4 is 10.4 Å². The zero-order valence-corrected chi connectivity index (χ0v) is 13.6. The first-order valence-corrected chi connectivity index (χ1v) is 7.69. The number of carbonyl (C=O) groups is 1. The fraction of sp³-hybridized carbons (Fsp3) is 0.176. The zero-order valence-electron chi connectivity index (χ0n) is 12.8. The number of fused-ring (bicyclic) bond motifs is 1. The summed E-state index contributed by atoms with van der Waals surface area (Å²) in [5.41, 5.74) is 0.920. The van der Waals surface area contributed by atoms with E-state index in [1.807, 2.05) is 0 Å². The van der Waals surface area contributed by atoms with Crippen LogP contribution in [0.1, 0.15) is 22.2 Å². The minimum atomic E-state index is -0.503. The summed E-state index contributed by atoms with van der Waals surface area (Å²) in [7, 11) is 1.45. The third kappa shape index (κ3) is 2.51. The molecule has 0 amide bonds. The van der Waals surface area contributed by atoms with Crippen LogP contribution in [-0.4, -0.2) is 18.0 Å². The molecule has 0 saturated heterocycles. The summed E-state index contributed by atoms with van der Waals surface area (Å²) in [6.45, 7) is 3.29. The second kappa shape index (κ2) is 5.55. The largest absolute Gasteiger partial charge is 0.504 e. The quantitative estimate of drug-likeness (QED) is 0.584. The SMILES string of the molecule is COc1cc2c(C)c(-c3ccc(C(C)=O)s3)c(=O)oc2cc1O. The van der Waals surface area contributed by atoms with Crippen LogP contribution in [0.5, 0.6) is 11.5 Å². The summed E-state index contributed by atoms with van der Waals surface area (Å²) in [4.78, 5) is 25.1. The number of rotatable bonds is 3. The molecule has 0 fully saturated rings. The number of benzene rings is 1. The van der Waals surface area contributed by atoms with Crippen molar-refractivity contribution >= 4 is 28.1 Å². The van der Waals surface area contributed by atoms with Crippen molar-refractivity contribution in [2.75, 3.05) is 7.11 Å². The number of carbonyl (C=O) groups excluding carboxylic acids is 1. The number of aryl methyl sites for hydroxylation is 1. The van der Waals surface area contributed by atoms with E-state index < -0.39 is 5.63 Å². The van der Waals surface area contributed by atoms with Crippen molar-refractivity contribution in [2.45, 2.75) is 13.8 Å². The number of Topliss-reactive ketones (excluding diaryl/α,β-unsaturated/α-hetero) is 1. The molecule has 2 heterocycles. The van der Waals surface area contributed by atoms with Gasteiger partial charge in [-0.2, -0.15) is 0 Å². The smallest absolute Gasteiger partial charge is 0.345 e. The summed E-state index contributed by atoms with van der Waals surface area (Å²) in [5, 5.41) is 10.5. The molecule has 0 atom stereocenters. The molecule has 23 heavy (non-hydrogen) atoms. The Labute approximate surface area is 135 Å². The summed E-state index contributed by atoms with van der Waals surface area (Å²) in [6, 6.07) is 6.43. The van der Waals surface area contributed by atoms with E-state index in [-0.39, 0.29) is 17.1 Å². The number of phenolic OH excluding ortho intramolecular Hbond substituents is 1. The highest BCUT2D eigenvalue weighted by Gasteiger charge is 2.18. The minimum absolute atomic E-state index is 0.0457. The molecule has 0 saturated carbocycles. The van der Waals surface area contributed by atoms with Crippen molar-refractivity contribution < 1.29 is 19.1 Å². The first-order valence-electron chi connectivity index (χ1n) is 6.88. The van der Waals surface area contributed by atoms with Crippen molar-refractivity contribution in [2.24, 2.45) is 0 Å². The Hall–Kier alpha value is -2.60. The number of hydrogen-bond acceptors (Lipinski definition) is 6. The standard InChI is InChI=1S/C17H14O5S/c1-8-10-6-13(21-3)11(19)7-12(10)22-17(20)16(8)15-5-4-14(23-15)9(2)18/h4-7,19H,1-3H3. The fourth-order valence-corrected chi connectivity index (χ4v) is 3.47. The van der Waals surface area contributed by atoms with Gasteiger partial charge in [-0.25, -0.2) is 4.79 Å². The zero-order chi connectivity index (χ0) is 16.7. The molecule has 6 heteroatoms. The lowest BCUT2D eigenvalue weighted by Gasteiger charge is -2.09. The summed E-state index contributed by atoms with van der Waals surface area (Å²) < 4.78 is 10.4. The molecular formula is C17H14O5S. The molecule has 118 valence electrons. The van der Waals surface area contributed by atoms with Gasteiger partial charge >= 0.3 is 5.63 Å². The van der Waals surface area contributed by atoms with E-state index in [0.29, 0.717) is 32.0 Å². The van der Waals surface area contributed by atoms with Crippen LogP contribution in [0.3, 0.4) is 0 Å². The summed E-state index contributed by atoms with van der Waals surface area (Å²) in [6.07, 6.45) is 0. The van der Waals surface area contributed by atoms with Gasteiger partial charge in [0, 0.05) is 16.3 Å². The molecule has 0 aliphatic rings. The van der Waals surface area contributed by atoms with Crippen LogP contribution in [0.2, 0.25) is 0 Å². The lowest BCUT2D eigenvalue weighted by atomic mass is 10.0. The maximum atomic E-state index is 12.3. The van der Waals surface area contributed by atoms with Gasteiger partial charge in [0.2, 0.25) is 0 Å². The van der Waals surface area contributed by atoms with Gasteiger partial charge in [0.1, 0.15) is 5.58 Å². The number of phenols is 1. The Bertz CT molecular complexity index is 981. The Morgan fingerprint density at radius 2 is 2.04 bits per heavy atom. The second-order valence-corrected chi connectivity index (χ2v) is 6.21. The number of aromatic hydroxyl groups is 1. The van der Waals surface area contributed by atoms with Gasteiger partial charge in [0.15, 0.2) is 17.3 Å². The van der Waals surface area contributed by atoms with Crippen LogP contribution in [0.25, 0.3) is 21.4 Å². The molecule has 2 aromatic heterocycles. The topological polar surface area (TPSA) is 76.7 Å². The Kier molecular flexibility index (Phi) is 3.69. The van der Waals surface area contributed by atoms with Gasteiger partial charge in [0.25, 0.3) is 0 Å². The molecule has 3 aromatic rings. The molecule has 5 nitrogen and oxygen atoms in total. The average molecular weight is 330 g/mol. The van der Waals surface area contributed by atoms with Crippen molar-refractivity contribution in [3.05, 3.63) is 45.1 Å². The molecule has 0 aliphatic carbocycles. The highest BCUT2D eigenvalue weighted by Crippen LogP contribution is 2.36. The van der Waals surface area contributed by atoms with Crippen molar-refractivity contribution in [3.8, 4) is 21.9 Å². The maximum absolute atomic E-state index is 12.3. The highest BCUT2D eigenvalue weighted by molar-refractivity contribution is 7.17. The lowest BCUT2D eigenvalue weighted by molar-refractivity contribution is 0.102. The van der Waals surface area contributed by atoms with Crippen molar-refractivity contribution in [1.29, 1.82) is 0 Å². The van der Waals surface area contributed by atoms with E-state index in [1.165, 1.54) is 31.4 Å². The van der Waals surface area contributed by atoms with E-state index >= 15 is 0 Å². The van der Waals surface area contributed by atoms with Gasteiger partial charge in [-0.05, 0) is 37.6 Å². The molecule has 0 spiro atoms. The van der Waals surface area contributed by atoms with Crippen molar-refractivity contribution in [1.82, 2.24) is 0 Å². The third-order valence-electron chi connectivity index (χ3n) is 3.67. The molecule has 3 rings (SSSR count). The maximum Gasteiger partial charge on any atom is 0.345 e.